The van der Waals surface area contributed by atoms with Crippen LogP contribution in [0.15, 0.2) is 30.3 Å². The van der Waals surface area contributed by atoms with Crippen LogP contribution in [0.2, 0.25) is 0 Å². The maximum Gasteiger partial charge on any atom is 0.326 e. The van der Waals surface area contributed by atoms with Crippen LogP contribution in [-0.4, -0.2) is 71.5 Å². The normalized spacial score (nSPS) is 15.1. The molecule has 0 aliphatic rings. The van der Waals surface area contributed by atoms with Gasteiger partial charge in [0.1, 0.15) is 18.1 Å². The van der Waals surface area contributed by atoms with Crippen molar-refractivity contribution in [2.75, 3.05) is 18.6 Å². The van der Waals surface area contributed by atoms with Gasteiger partial charge in [-0.2, -0.15) is 11.8 Å². The van der Waals surface area contributed by atoms with Crippen molar-refractivity contribution < 1.29 is 24.3 Å². The first kappa shape index (κ1) is 32.4. The quantitative estimate of drug-likeness (QED) is 0.150. The number of amides is 3. The van der Waals surface area contributed by atoms with Crippen LogP contribution in [0.4, 0.5) is 0 Å². The lowest BCUT2D eigenvalue weighted by molar-refractivity contribution is -0.142. The molecule has 0 aliphatic carbocycles. The molecule has 37 heavy (non-hydrogen) atoms. The molecule has 0 radical (unpaired) electrons. The fraction of sp³-hybridized carbons (Fsp3) is 0.615. The molecule has 5 unspecified atom stereocenters. The van der Waals surface area contributed by atoms with Crippen molar-refractivity contribution in [2.45, 2.75) is 76.5 Å². The topological polar surface area (TPSA) is 177 Å². The van der Waals surface area contributed by atoms with E-state index in [1.165, 1.54) is 11.8 Å². The number of hydrogen-bond donors (Lipinski definition) is 6. The number of nitrogens with one attached hydrogen (secondary N) is 3. The third-order valence-electron chi connectivity index (χ3n) is 6.28. The van der Waals surface area contributed by atoms with Crippen molar-refractivity contribution in [3.05, 3.63) is 35.9 Å². The van der Waals surface area contributed by atoms with Crippen molar-refractivity contribution in [3.8, 4) is 0 Å². The van der Waals surface area contributed by atoms with Crippen LogP contribution < -0.4 is 27.4 Å². The molecule has 1 aromatic carbocycles. The molecule has 0 aliphatic heterocycles. The van der Waals surface area contributed by atoms with Gasteiger partial charge >= 0.3 is 5.97 Å². The summed E-state index contributed by atoms with van der Waals surface area (Å²) in [5.74, 6) is -2.21. The summed E-state index contributed by atoms with van der Waals surface area (Å²) in [6.45, 7) is 4.23. The summed E-state index contributed by atoms with van der Waals surface area (Å²) in [6, 6.07) is 5.42. The van der Waals surface area contributed by atoms with Crippen LogP contribution in [0.3, 0.4) is 0 Å². The summed E-state index contributed by atoms with van der Waals surface area (Å²) in [7, 11) is 0. The maximum atomic E-state index is 13.4. The van der Waals surface area contributed by atoms with E-state index in [2.05, 4.69) is 16.0 Å². The van der Waals surface area contributed by atoms with Crippen molar-refractivity contribution in [1.82, 2.24) is 16.0 Å². The zero-order chi connectivity index (χ0) is 27.8. The average molecular weight is 538 g/mol. The van der Waals surface area contributed by atoms with E-state index < -0.39 is 47.9 Å². The van der Waals surface area contributed by atoms with E-state index in [0.717, 1.165) is 5.56 Å². The Morgan fingerprint density at radius 2 is 1.51 bits per heavy atom. The largest absolute Gasteiger partial charge is 0.480 e. The number of thioether (sulfide) groups is 1. The number of benzene rings is 1. The van der Waals surface area contributed by atoms with E-state index >= 15 is 0 Å². The minimum Gasteiger partial charge on any atom is -0.480 e. The average Bonchev–Trinajstić information content (AvgIpc) is 2.89. The highest BCUT2D eigenvalue weighted by Crippen LogP contribution is 2.10. The van der Waals surface area contributed by atoms with Crippen LogP contribution >= 0.6 is 11.8 Å². The monoisotopic (exact) mass is 537 g/mol. The van der Waals surface area contributed by atoms with E-state index in [9.17, 15) is 24.3 Å². The Hall–Kier alpha value is -2.63. The Kier molecular flexibility index (Phi) is 15.6. The number of carbonyl (C=O) groups excluding carboxylic acids is 3. The third-order valence-corrected chi connectivity index (χ3v) is 6.92. The van der Waals surface area contributed by atoms with E-state index in [0.29, 0.717) is 38.0 Å². The Bertz CT molecular complexity index is 857. The van der Waals surface area contributed by atoms with Gasteiger partial charge in [-0.3, -0.25) is 14.4 Å². The molecule has 3 amide bonds. The molecule has 0 saturated carbocycles. The Balaban J connectivity index is 3.06. The molecule has 0 aromatic heterocycles. The first-order chi connectivity index (χ1) is 17.6. The summed E-state index contributed by atoms with van der Waals surface area (Å²) in [4.78, 5) is 50.9. The number of carboxylic acid groups (broad SMARTS) is 1. The molecule has 1 aromatic rings. The Morgan fingerprint density at radius 1 is 0.919 bits per heavy atom. The summed E-state index contributed by atoms with van der Waals surface area (Å²) in [6.07, 6.45) is 4.52. The van der Waals surface area contributed by atoms with Gasteiger partial charge in [0.2, 0.25) is 17.7 Å². The Labute approximate surface area is 224 Å². The second kappa shape index (κ2) is 17.8. The van der Waals surface area contributed by atoms with Gasteiger partial charge < -0.3 is 32.5 Å². The lowest BCUT2D eigenvalue weighted by atomic mass is 9.98. The minimum atomic E-state index is -1.14. The molecule has 0 saturated heterocycles. The fourth-order valence-corrected chi connectivity index (χ4v) is 4.11. The van der Waals surface area contributed by atoms with Gasteiger partial charge in [-0.05, 0) is 55.7 Å². The van der Waals surface area contributed by atoms with Crippen LogP contribution in [0.5, 0.6) is 0 Å². The zero-order valence-corrected chi connectivity index (χ0v) is 22.9. The van der Waals surface area contributed by atoms with Crippen molar-refractivity contribution in [3.63, 3.8) is 0 Å². The molecule has 11 heteroatoms. The van der Waals surface area contributed by atoms with E-state index in [-0.39, 0.29) is 18.8 Å². The number of carbonyl (C=O) groups is 4. The van der Waals surface area contributed by atoms with E-state index in [1.54, 1.807) is 0 Å². The highest BCUT2D eigenvalue weighted by atomic mass is 32.2. The third kappa shape index (κ3) is 12.0. The fourth-order valence-electron chi connectivity index (χ4n) is 3.64. The molecule has 8 N–H and O–H groups in total. The van der Waals surface area contributed by atoms with Gasteiger partial charge in [-0.1, -0.05) is 50.6 Å². The van der Waals surface area contributed by atoms with Gasteiger partial charge in [0.25, 0.3) is 0 Å². The van der Waals surface area contributed by atoms with Gasteiger partial charge in [0.15, 0.2) is 0 Å². The number of unbranched alkanes of at least 4 members (excludes halogenated alkanes) is 1. The number of carboxylic acids is 1. The molecule has 10 nitrogen and oxygen atoms in total. The highest BCUT2D eigenvalue weighted by Gasteiger charge is 2.31. The molecule has 0 fully saturated rings. The molecule has 0 spiro atoms. The smallest absolute Gasteiger partial charge is 0.326 e. The van der Waals surface area contributed by atoms with Crippen molar-refractivity contribution in [2.24, 2.45) is 17.4 Å². The SMILES string of the molecule is CCC(C)C(N)C(=O)NC(Cc1ccccc1)C(=O)NC(CCSC)C(=O)NC(CCCCN)C(=O)O. The second-order valence-electron chi connectivity index (χ2n) is 9.19. The molecule has 5 atom stereocenters. The Morgan fingerprint density at radius 3 is 2.08 bits per heavy atom. The van der Waals surface area contributed by atoms with E-state index in [1.807, 2.05) is 50.4 Å². The summed E-state index contributed by atoms with van der Waals surface area (Å²) in [5, 5.41) is 17.6. The summed E-state index contributed by atoms with van der Waals surface area (Å²) < 4.78 is 0. The van der Waals surface area contributed by atoms with Gasteiger partial charge in [-0.25, -0.2) is 4.79 Å². The van der Waals surface area contributed by atoms with Gasteiger partial charge in [-0.15, -0.1) is 0 Å². The molecule has 208 valence electrons. The first-order valence-corrected chi connectivity index (χ1v) is 14.2. The predicted molar refractivity (Wildman–Crippen MR) is 147 cm³/mol. The van der Waals surface area contributed by atoms with Crippen LogP contribution in [-0.2, 0) is 25.6 Å². The number of hydrogen-bond acceptors (Lipinski definition) is 7. The van der Waals surface area contributed by atoms with E-state index in [4.69, 9.17) is 11.5 Å². The number of aliphatic carboxylic acids is 1. The van der Waals surface area contributed by atoms with Crippen LogP contribution in [0.1, 0.15) is 51.5 Å². The minimum absolute atomic E-state index is 0.0761. The molecular formula is C26H43N5O5S. The van der Waals surface area contributed by atoms with Crippen LogP contribution in [0.25, 0.3) is 0 Å². The zero-order valence-electron chi connectivity index (χ0n) is 22.1. The molecule has 0 bridgehead atoms. The lowest BCUT2D eigenvalue weighted by Crippen LogP contribution is -2.58. The summed E-state index contributed by atoms with van der Waals surface area (Å²) in [5.41, 5.74) is 12.4. The molecule has 1 rings (SSSR count). The highest BCUT2D eigenvalue weighted by molar-refractivity contribution is 7.98. The standard InChI is InChI=1S/C26H43N5O5S/c1-4-17(2)22(28)25(34)31-21(16-18-10-6-5-7-11-18)24(33)29-19(13-15-37-3)23(32)30-20(26(35)36)12-8-9-14-27/h5-7,10-11,17,19-22H,4,8-9,12-16,27-28H2,1-3H3,(H,29,33)(H,30,32)(H,31,34)(H,35,36). The molecule has 0 heterocycles. The van der Waals surface area contributed by atoms with Crippen molar-refractivity contribution >= 4 is 35.5 Å². The second-order valence-corrected chi connectivity index (χ2v) is 10.2. The maximum absolute atomic E-state index is 13.4. The lowest BCUT2D eigenvalue weighted by Gasteiger charge is -2.26. The summed E-state index contributed by atoms with van der Waals surface area (Å²) >= 11 is 1.50. The van der Waals surface area contributed by atoms with Gasteiger partial charge in [0.05, 0.1) is 6.04 Å². The van der Waals surface area contributed by atoms with Gasteiger partial charge in [0, 0.05) is 6.42 Å². The number of rotatable bonds is 18. The molecular weight excluding hydrogens is 494 g/mol. The first-order valence-electron chi connectivity index (χ1n) is 12.8. The van der Waals surface area contributed by atoms with Crippen molar-refractivity contribution in [1.29, 1.82) is 0 Å². The predicted octanol–water partition coefficient (Wildman–Crippen LogP) is 1.02. The number of nitrogens with two attached hydrogens (primary N) is 2. The van der Waals surface area contributed by atoms with Crippen LogP contribution in [0, 0.1) is 5.92 Å².